The molecule has 0 atom stereocenters. The Morgan fingerprint density at radius 2 is 1.76 bits per heavy atom. The summed E-state index contributed by atoms with van der Waals surface area (Å²) in [5.74, 6) is 1.06. The van der Waals surface area contributed by atoms with E-state index in [9.17, 15) is 13.2 Å². The molecule has 4 rings (SSSR count). The van der Waals surface area contributed by atoms with Crippen molar-refractivity contribution >= 4 is 42.6 Å². The van der Waals surface area contributed by atoms with Crippen LogP contribution >= 0.6 is 11.3 Å². The van der Waals surface area contributed by atoms with Crippen molar-refractivity contribution in [3.63, 3.8) is 0 Å². The van der Waals surface area contributed by atoms with Gasteiger partial charge in [0.15, 0.2) is 5.13 Å². The molecular weight excluding hydrogens is 462 g/mol. The number of ether oxygens (including phenoxy) is 2. The van der Waals surface area contributed by atoms with Gasteiger partial charge in [-0.2, -0.15) is 0 Å². The van der Waals surface area contributed by atoms with Crippen LogP contribution in [0.3, 0.4) is 0 Å². The van der Waals surface area contributed by atoms with Crippen molar-refractivity contribution in [2.45, 2.75) is 4.90 Å². The van der Waals surface area contributed by atoms with Gasteiger partial charge in [0, 0.05) is 25.7 Å². The molecule has 10 heteroatoms. The van der Waals surface area contributed by atoms with E-state index >= 15 is 0 Å². The molecule has 0 aliphatic rings. The molecule has 1 amide bonds. The summed E-state index contributed by atoms with van der Waals surface area (Å²) in [6.45, 7) is 0. The van der Waals surface area contributed by atoms with E-state index in [1.165, 1.54) is 50.7 Å². The van der Waals surface area contributed by atoms with E-state index in [4.69, 9.17) is 9.47 Å². The van der Waals surface area contributed by atoms with Crippen LogP contribution in [0.2, 0.25) is 0 Å². The molecule has 1 aromatic heterocycles. The number of nitrogens with zero attached hydrogens (tertiary/aromatic N) is 2. The van der Waals surface area contributed by atoms with Crippen molar-refractivity contribution < 1.29 is 22.7 Å². The van der Waals surface area contributed by atoms with E-state index in [2.05, 4.69) is 10.3 Å². The SMILES string of the molecule is COc1ccc(C(=O)Nc2nc3ccc(Oc4ccccc4)cc3s2)cc1S(=O)(=O)N(C)C. The highest BCUT2D eigenvalue weighted by Crippen LogP contribution is 2.32. The minimum absolute atomic E-state index is 0.0883. The molecule has 4 aromatic rings. The molecular formula is C23H21N3O5S2. The van der Waals surface area contributed by atoms with Crippen molar-refractivity contribution in [2.75, 3.05) is 26.5 Å². The lowest BCUT2D eigenvalue weighted by atomic mass is 10.2. The third-order valence-corrected chi connectivity index (χ3v) is 7.51. The van der Waals surface area contributed by atoms with Gasteiger partial charge in [0.05, 0.1) is 17.3 Å². The van der Waals surface area contributed by atoms with Gasteiger partial charge in [-0.05, 0) is 42.5 Å². The lowest BCUT2D eigenvalue weighted by Gasteiger charge is -2.15. The Labute approximate surface area is 195 Å². The summed E-state index contributed by atoms with van der Waals surface area (Å²) < 4.78 is 38.2. The number of aromatic nitrogens is 1. The first-order valence-electron chi connectivity index (χ1n) is 9.83. The number of rotatable bonds is 7. The number of hydrogen-bond donors (Lipinski definition) is 1. The van der Waals surface area contributed by atoms with E-state index in [1.807, 2.05) is 48.5 Å². The van der Waals surface area contributed by atoms with Crippen LogP contribution in [0.5, 0.6) is 17.2 Å². The predicted octanol–water partition coefficient (Wildman–Crippen LogP) is 4.60. The zero-order chi connectivity index (χ0) is 23.6. The molecule has 8 nitrogen and oxygen atoms in total. The zero-order valence-electron chi connectivity index (χ0n) is 18.1. The maximum atomic E-state index is 12.8. The third kappa shape index (κ3) is 4.82. The summed E-state index contributed by atoms with van der Waals surface area (Å²) in [5.41, 5.74) is 0.880. The second kappa shape index (κ2) is 9.18. The number of hydrogen-bond acceptors (Lipinski definition) is 7. The number of nitrogens with one attached hydrogen (secondary N) is 1. The fourth-order valence-corrected chi connectivity index (χ4v) is 5.00. The van der Waals surface area contributed by atoms with Crippen molar-refractivity contribution in [3.05, 3.63) is 72.3 Å². The third-order valence-electron chi connectivity index (χ3n) is 4.74. The first-order valence-corrected chi connectivity index (χ1v) is 12.1. The number of carbonyl (C=O) groups excluding carboxylic acids is 1. The minimum atomic E-state index is -3.80. The number of methoxy groups -OCH3 is 1. The molecule has 0 aliphatic carbocycles. The maximum absolute atomic E-state index is 12.8. The molecule has 0 saturated heterocycles. The summed E-state index contributed by atoms with van der Waals surface area (Å²) in [7, 11) is 0.408. The summed E-state index contributed by atoms with van der Waals surface area (Å²) in [4.78, 5) is 17.2. The van der Waals surface area contributed by atoms with Gasteiger partial charge in [0.2, 0.25) is 10.0 Å². The van der Waals surface area contributed by atoms with Gasteiger partial charge in [-0.3, -0.25) is 10.1 Å². The molecule has 0 bridgehead atoms. The maximum Gasteiger partial charge on any atom is 0.257 e. The van der Waals surface area contributed by atoms with Gasteiger partial charge in [0.25, 0.3) is 5.91 Å². The van der Waals surface area contributed by atoms with Crippen molar-refractivity contribution in [3.8, 4) is 17.2 Å². The zero-order valence-corrected chi connectivity index (χ0v) is 19.7. The second-order valence-corrected chi connectivity index (χ2v) is 10.3. The molecule has 1 heterocycles. The van der Waals surface area contributed by atoms with Gasteiger partial charge in [0.1, 0.15) is 22.1 Å². The first-order chi connectivity index (χ1) is 15.8. The van der Waals surface area contributed by atoms with Crippen molar-refractivity contribution in [1.82, 2.24) is 9.29 Å². The van der Waals surface area contributed by atoms with Crippen LogP contribution < -0.4 is 14.8 Å². The number of anilines is 1. The molecule has 0 aliphatic heterocycles. The number of amides is 1. The molecule has 0 saturated carbocycles. The van der Waals surface area contributed by atoms with E-state index in [-0.39, 0.29) is 16.2 Å². The Bertz CT molecular complexity index is 1420. The average molecular weight is 484 g/mol. The predicted molar refractivity (Wildman–Crippen MR) is 128 cm³/mol. The largest absolute Gasteiger partial charge is 0.495 e. The summed E-state index contributed by atoms with van der Waals surface area (Å²) in [6.07, 6.45) is 0. The lowest BCUT2D eigenvalue weighted by molar-refractivity contribution is 0.102. The van der Waals surface area contributed by atoms with Crippen molar-refractivity contribution in [1.29, 1.82) is 0 Å². The second-order valence-electron chi connectivity index (χ2n) is 7.17. The van der Waals surface area contributed by atoms with Crippen LogP contribution in [0.25, 0.3) is 10.2 Å². The van der Waals surface area contributed by atoms with Crippen molar-refractivity contribution in [2.24, 2.45) is 0 Å². The number of para-hydroxylation sites is 1. The molecule has 1 N–H and O–H groups in total. The topological polar surface area (TPSA) is 97.8 Å². The van der Waals surface area contributed by atoms with Crippen LogP contribution in [0.4, 0.5) is 5.13 Å². The number of benzene rings is 3. The van der Waals surface area contributed by atoms with Gasteiger partial charge < -0.3 is 9.47 Å². The first kappa shape index (κ1) is 22.7. The standard InChI is InChI=1S/C23H21N3O5S2/c1-26(2)33(28,29)21-13-15(9-12-19(21)30-3)22(27)25-23-24-18-11-10-17(14-20(18)32-23)31-16-7-5-4-6-8-16/h4-14H,1-3H3,(H,24,25,27). The molecule has 0 fully saturated rings. The normalized spacial score (nSPS) is 11.5. The number of sulfonamides is 1. The van der Waals surface area contributed by atoms with Crippen LogP contribution in [0, 0.1) is 0 Å². The molecule has 170 valence electrons. The fourth-order valence-electron chi connectivity index (χ4n) is 3.03. The molecule has 0 unspecified atom stereocenters. The highest BCUT2D eigenvalue weighted by atomic mass is 32.2. The summed E-state index contributed by atoms with van der Waals surface area (Å²) in [6, 6.07) is 19.1. The van der Waals surface area contributed by atoms with E-state index in [0.717, 1.165) is 14.8 Å². The Hall–Kier alpha value is -3.47. The van der Waals surface area contributed by atoms with E-state index in [1.54, 1.807) is 0 Å². The van der Waals surface area contributed by atoms with E-state index < -0.39 is 15.9 Å². The number of carbonyl (C=O) groups is 1. The van der Waals surface area contributed by atoms with Crippen LogP contribution in [-0.4, -0.2) is 44.8 Å². The smallest absolute Gasteiger partial charge is 0.257 e. The van der Waals surface area contributed by atoms with Crippen LogP contribution in [-0.2, 0) is 10.0 Å². The highest BCUT2D eigenvalue weighted by molar-refractivity contribution is 7.89. The highest BCUT2D eigenvalue weighted by Gasteiger charge is 2.24. The average Bonchev–Trinajstić information content (AvgIpc) is 3.20. The Morgan fingerprint density at radius 3 is 2.45 bits per heavy atom. The van der Waals surface area contributed by atoms with Crippen LogP contribution in [0.15, 0.2) is 71.6 Å². The Morgan fingerprint density at radius 1 is 1.00 bits per heavy atom. The molecule has 3 aromatic carbocycles. The minimum Gasteiger partial charge on any atom is -0.495 e. The Balaban J connectivity index is 1.57. The van der Waals surface area contributed by atoms with Gasteiger partial charge in [-0.1, -0.05) is 29.5 Å². The van der Waals surface area contributed by atoms with Gasteiger partial charge in [-0.15, -0.1) is 0 Å². The molecule has 0 spiro atoms. The van der Waals surface area contributed by atoms with Gasteiger partial charge in [-0.25, -0.2) is 17.7 Å². The Kier molecular flexibility index (Phi) is 6.32. The molecule has 0 radical (unpaired) electrons. The summed E-state index contributed by atoms with van der Waals surface area (Å²) >= 11 is 1.29. The fraction of sp³-hybridized carbons (Fsp3) is 0.130. The van der Waals surface area contributed by atoms with Gasteiger partial charge >= 0.3 is 0 Å². The lowest BCUT2D eigenvalue weighted by Crippen LogP contribution is -2.23. The number of thiazole rings is 1. The quantitative estimate of drug-likeness (QED) is 0.413. The summed E-state index contributed by atoms with van der Waals surface area (Å²) in [5, 5.41) is 3.13. The van der Waals surface area contributed by atoms with E-state index in [0.29, 0.717) is 16.4 Å². The monoisotopic (exact) mass is 483 g/mol. The molecule has 33 heavy (non-hydrogen) atoms. The van der Waals surface area contributed by atoms with Crippen LogP contribution in [0.1, 0.15) is 10.4 Å². The number of fused-ring (bicyclic) bond motifs is 1.